The number of rotatable bonds is 1. The normalized spacial score (nSPS) is 24.4. The van der Waals surface area contributed by atoms with Crippen molar-refractivity contribution in [2.75, 3.05) is 13.1 Å². The van der Waals surface area contributed by atoms with Crippen LogP contribution in [0.15, 0.2) is 10.7 Å². The molecule has 1 saturated carbocycles. The maximum absolute atomic E-state index is 13.0. The highest BCUT2D eigenvalue weighted by atomic mass is 19.4. The molecule has 21 heavy (non-hydrogen) atoms. The van der Waals surface area contributed by atoms with Crippen LogP contribution >= 0.6 is 0 Å². The van der Waals surface area contributed by atoms with Crippen molar-refractivity contribution >= 4 is 5.91 Å². The summed E-state index contributed by atoms with van der Waals surface area (Å²) in [7, 11) is 0. The third kappa shape index (κ3) is 2.14. The third-order valence-electron chi connectivity index (χ3n) is 4.84. The molecule has 7 heteroatoms. The molecule has 3 rings (SSSR count). The van der Waals surface area contributed by atoms with E-state index in [1.54, 1.807) is 0 Å². The lowest BCUT2D eigenvalue weighted by molar-refractivity contribution is -0.138. The van der Waals surface area contributed by atoms with Gasteiger partial charge in [0.25, 0.3) is 5.91 Å². The van der Waals surface area contributed by atoms with E-state index in [1.165, 1.54) is 11.8 Å². The van der Waals surface area contributed by atoms with E-state index in [0.29, 0.717) is 19.4 Å². The number of likely N-dealkylation sites (tertiary alicyclic amines) is 1. The number of halogens is 3. The van der Waals surface area contributed by atoms with Gasteiger partial charge in [0.2, 0.25) is 0 Å². The highest BCUT2D eigenvalue weighted by Gasteiger charge is 2.51. The second-order valence-electron chi connectivity index (χ2n) is 6.09. The van der Waals surface area contributed by atoms with Gasteiger partial charge in [0.05, 0.1) is 5.56 Å². The minimum atomic E-state index is -4.60. The smallest absolute Gasteiger partial charge is 0.420 e. The monoisotopic (exact) mass is 302 g/mol. The van der Waals surface area contributed by atoms with E-state index >= 15 is 0 Å². The first kappa shape index (κ1) is 14.4. The Bertz CT molecular complexity index is 575. The van der Waals surface area contributed by atoms with Crippen molar-refractivity contribution in [3.8, 4) is 0 Å². The third-order valence-corrected chi connectivity index (χ3v) is 4.84. The van der Waals surface area contributed by atoms with Gasteiger partial charge >= 0.3 is 6.18 Å². The Morgan fingerprint density at radius 3 is 2.62 bits per heavy atom. The molecular formula is C14H17F3N2O2. The predicted molar refractivity (Wildman–Crippen MR) is 68.6 cm³/mol. The van der Waals surface area contributed by atoms with Gasteiger partial charge in [-0.1, -0.05) is 6.42 Å². The molecule has 0 radical (unpaired) electrons. The minimum absolute atomic E-state index is 0.00421. The number of carbonyl (C=O) groups excluding carboxylic acids is 1. The van der Waals surface area contributed by atoms with Crippen LogP contribution in [0.4, 0.5) is 13.2 Å². The van der Waals surface area contributed by atoms with Gasteiger partial charge in [0.15, 0.2) is 0 Å². The van der Waals surface area contributed by atoms with Crippen LogP contribution in [-0.4, -0.2) is 29.9 Å². The Hall–Kier alpha value is -1.50. The molecule has 1 aromatic heterocycles. The van der Waals surface area contributed by atoms with Gasteiger partial charge in [-0.3, -0.25) is 4.79 Å². The van der Waals surface area contributed by atoms with Crippen molar-refractivity contribution in [2.24, 2.45) is 11.1 Å². The molecule has 0 aromatic carbocycles. The van der Waals surface area contributed by atoms with Gasteiger partial charge in [-0.2, -0.15) is 13.2 Å². The van der Waals surface area contributed by atoms with E-state index in [9.17, 15) is 18.0 Å². The largest absolute Gasteiger partial charge is 0.468 e. The summed E-state index contributed by atoms with van der Waals surface area (Å²) in [5.74, 6) is -0.636. The molecule has 2 fully saturated rings. The van der Waals surface area contributed by atoms with Crippen molar-refractivity contribution < 1.29 is 22.4 Å². The number of hydrogen-bond acceptors (Lipinski definition) is 3. The fraction of sp³-hybridized carbons (Fsp3) is 0.643. The number of hydrogen-bond donors (Lipinski definition) is 1. The Kier molecular flexibility index (Phi) is 3.09. The Labute approximate surface area is 120 Å². The molecule has 1 atom stereocenters. The molecular weight excluding hydrogens is 285 g/mol. The summed E-state index contributed by atoms with van der Waals surface area (Å²) in [5.41, 5.74) is 4.60. The van der Waals surface area contributed by atoms with Gasteiger partial charge in [-0.05, 0) is 19.8 Å². The molecule has 1 aliphatic heterocycles. The number of furan rings is 1. The summed E-state index contributed by atoms with van der Waals surface area (Å²) in [6, 6.07) is -0.156. The van der Waals surface area contributed by atoms with Gasteiger partial charge in [-0.25, -0.2) is 0 Å². The fourth-order valence-electron chi connectivity index (χ4n) is 3.39. The molecule has 4 nitrogen and oxygen atoms in total. The molecule has 1 saturated heterocycles. The Morgan fingerprint density at radius 2 is 2.14 bits per heavy atom. The standard InChI is InChI=1S/C14H17F3N2O2/c1-8-11(9(6-21-8)14(15,16)17)12(20)19-5-10(18)13(7-19)3-2-4-13/h6,10H,2-5,7,18H2,1H3. The first-order chi connectivity index (χ1) is 9.74. The summed E-state index contributed by atoms with van der Waals surface area (Å²) < 4.78 is 43.7. The summed E-state index contributed by atoms with van der Waals surface area (Å²) in [6.07, 6.45) is -1.05. The molecule has 1 unspecified atom stereocenters. The minimum Gasteiger partial charge on any atom is -0.468 e. The highest BCUT2D eigenvalue weighted by molar-refractivity contribution is 5.97. The van der Waals surface area contributed by atoms with Crippen LogP contribution in [0.3, 0.4) is 0 Å². The lowest BCUT2D eigenvalue weighted by Crippen LogP contribution is -2.45. The van der Waals surface area contributed by atoms with Crippen molar-refractivity contribution in [1.82, 2.24) is 4.90 Å². The zero-order valence-corrected chi connectivity index (χ0v) is 11.7. The zero-order chi connectivity index (χ0) is 15.4. The van der Waals surface area contributed by atoms with Crippen LogP contribution in [-0.2, 0) is 6.18 Å². The maximum Gasteiger partial charge on any atom is 0.420 e. The lowest BCUT2D eigenvalue weighted by Gasteiger charge is -2.41. The predicted octanol–water partition coefficient (Wildman–Crippen LogP) is 2.56. The van der Waals surface area contributed by atoms with Crippen LogP contribution in [0.5, 0.6) is 0 Å². The van der Waals surface area contributed by atoms with Crippen molar-refractivity contribution in [2.45, 2.75) is 38.4 Å². The van der Waals surface area contributed by atoms with Crippen LogP contribution in [0.25, 0.3) is 0 Å². The molecule has 1 aliphatic carbocycles. The summed E-state index contributed by atoms with van der Waals surface area (Å²) in [5, 5.41) is 0. The molecule has 2 heterocycles. The topological polar surface area (TPSA) is 59.5 Å². The highest BCUT2D eigenvalue weighted by Crippen LogP contribution is 2.48. The molecule has 2 aliphatic rings. The SMILES string of the molecule is Cc1occ(C(F)(F)F)c1C(=O)N1CC(N)C2(CCC2)C1. The molecule has 1 spiro atoms. The summed E-state index contributed by atoms with van der Waals surface area (Å²) in [6.45, 7) is 2.12. The van der Waals surface area contributed by atoms with Crippen molar-refractivity contribution in [3.63, 3.8) is 0 Å². The molecule has 0 bridgehead atoms. The van der Waals surface area contributed by atoms with E-state index in [1.807, 2.05) is 0 Å². The quantitative estimate of drug-likeness (QED) is 0.867. The van der Waals surface area contributed by atoms with Crippen molar-refractivity contribution in [1.29, 1.82) is 0 Å². The number of carbonyl (C=O) groups is 1. The molecule has 2 N–H and O–H groups in total. The number of amides is 1. The van der Waals surface area contributed by atoms with Crippen LogP contribution in [0, 0.1) is 12.3 Å². The van der Waals surface area contributed by atoms with Gasteiger partial charge in [0, 0.05) is 24.5 Å². The first-order valence-electron chi connectivity index (χ1n) is 6.95. The van der Waals surface area contributed by atoms with Gasteiger partial charge < -0.3 is 15.1 Å². The number of aryl methyl sites for hydroxylation is 1. The van der Waals surface area contributed by atoms with Crippen LogP contribution in [0.2, 0.25) is 0 Å². The van der Waals surface area contributed by atoms with E-state index in [2.05, 4.69) is 0 Å². The van der Waals surface area contributed by atoms with Crippen LogP contribution in [0.1, 0.15) is 40.9 Å². The number of alkyl halides is 3. The molecule has 1 aromatic rings. The zero-order valence-electron chi connectivity index (χ0n) is 11.7. The van der Waals surface area contributed by atoms with E-state index < -0.39 is 17.6 Å². The van der Waals surface area contributed by atoms with E-state index in [-0.39, 0.29) is 22.8 Å². The van der Waals surface area contributed by atoms with E-state index in [0.717, 1.165) is 19.3 Å². The first-order valence-corrected chi connectivity index (χ1v) is 6.95. The molecule has 116 valence electrons. The van der Waals surface area contributed by atoms with E-state index in [4.69, 9.17) is 10.2 Å². The second kappa shape index (κ2) is 4.50. The second-order valence-corrected chi connectivity index (χ2v) is 6.09. The van der Waals surface area contributed by atoms with Crippen LogP contribution < -0.4 is 5.73 Å². The summed E-state index contributed by atoms with van der Waals surface area (Å²) in [4.78, 5) is 13.9. The average molecular weight is 302 g/mol. The Morgan fingerprint density at radius 1 is 1.48 bits per heavy atom. The lowest BCUT2D eigenvalue weighted by atomic mass is 9.66. The van der Waals surface area contributed by atoms with Gasteiger partial charge in [-0.15, -0.1) is 0 Å². The van der Waals surface area contributed by atoms with Crippen molar-refractivity contribution in [3.05, 3.63) is 23.2 Å². The van der Waals surface area contributed by atoms with Gasteiger partial charge in [0.1, 0.15) is 17.6 Å². The Balaban J connectivity index is 1.89. The summed E-state index contributed by atoms with van der Waals surface area (Å²) >= 11 is 0. The number of nitrogens with two attached hydrogens (primary N) is 1. The maximum atomic E-state index is 13.0. The number of nitrogens with zero attached hydrogens (tertiary/aromatic N) is 1. The average Bonchev–Trinajstić information content (AvgIpc) is 2.87. The fourth-order valence-corrected chi connectivity index (χ4v) is 3.39. The molecule has 1 amide bonds.